The number of nitrogens with one attached hydrogen (secondary N) is 1. The van der Waals surface area contributed by atoms with Gasteiger partial charge in [-0.25, -0.2) is 0 Å². The molecule has 1 aromatic carbocycles. The Morgan fingerprint density at radius 3 is 2.95 bits per heavy atom. The van der Waals surface area contributed by atoms with E-state index in [1.165, 1.54) is 5.56 Å². The summed E-state index contributed by atoms with van der Waals surface area (Å²) in [5.41, 5.74) is 2.12. The molecule has 2 heterocycles. The highest BCUT2D eigenvalue weighted by Gasteiger charge is 2.29. The van der Waals surface area contributed by atoms with Crippen molar-refractivity contribution >= 4 is 5.91 Å². The number of rotatable bonds is 4. The lowest BCUT2D eigenvalue weighted by atomic mass is 10.1. The van der Waals surface area contributed by atoms with Crippen LogP contribution in [0.15, 0.2) is 42.6 Å². The predicted octanol–water partition coefficient (Wildman–Crippen LogP) is 1.94. The third-order valence-corrected chi connectivity index (χ3v) is 3.80. The van der Waals surface area contributed by atoms with Gasteiger partial charge in [-0.2, -0.15) is 5.10 Å². The molecule has 21 heavy (non-hydrogen) atoms. The van der Waals surface area contributed by atoms with Gasteiger partial charge >= 0.3 is 0 Å². The summed E-state index contributed by atoms with van der Waals surface area (Å²) < 4.78 is 5.51. The van der Waals surface area contributed by atoms with Crippen LogP contribution in [-0.2, 0) is 16.0 Å². The Morgan fingerprint density at radius 2 is 2.19 bits per heavy atom. The standard InChI is InChI=1S/C16H19N3O2/c20-16(7-6-13-4-2-1-3-5-13)19-10-11-21-12-15(19)14-8-9-17-18-14/h1-5,8-9,15H,6-7,10-12H2,(H,17,18)/t15-/m0/s1. The van der Waals surface area contributed by atoms with Crippen LogP contribution < -0.4 is 0 Å². The Bertz CT molecular complexity index is 568. The highest BCUT2D eigenvalue weighted by Crippen LogP contribution is 2.23. The van der Waals surface area contributed by atoms with E-state index in [1.807, 2.05) is 29.2 Å². The number of benzene rings is 1. The van der Waals surface area contributed by atoms with Crippen molar-refractivity contribution in [1.29, 1.82) is 0 Å². The minimum absolute atomic E-state index is 0.0514. The molecule has 110 valence electrons. The van der Waals surface area contributed by atoms with Gasteiger partial charge in [-0.3, -0.25) is 9.89 Å². The smallest absolute Gasteiger partial charge is 0.223 e. The summed E-state index contributed by atoms with van der Waals surface area (Å²) in [7, 11) is 0. The Kier molecular flexibility index (Phi) is 4.31. The van der Waals surface area contributed by atoms with E-state index in [-0.39, 0.29) is 11.9 Å². The summed E-state index contributed by atoms with van der Waals surface area (Å²) in [5, 5.41) is 6.91. The van der Waals surface area contributed by atoms with Crippen molar-refractivity contribution in [3.05, 3.63) is 53.9 Å². The first-order chi connectivity index (χ1) is 10.3. The van der Waals surface area contributed by atoms with Crippen LogP contribution >= 0.6 is 0 Å². The predicted molar refractivity (Wildman–Crippen MR) is 78.6 cm³/mol. The monoisotopic (exact) mass is 285 g/mol. The maximum absolute atomic E-state index is 12.5. The Balaban J connectivity index is 1.64. The second kappa shape index (κ2) is 6.54. The number of carbonyl (C=O) groups is 1. The normalized spacial score (nSPS) is 18.7. The molecule has 1 aromatic heterocycles. The van der Waals surface area contributed by atoms with Crippen molar-refractivity contribution in [3.8, 4) is 0 Å². The Hall–Kier alpha value is -2.14. The van der Waals surface area contributed by atoms with Crippen LogP contribution in [0.4, 0.5) is 0 Å². The number of morpholine rings is 1. The molecular weight excluding hydrogens is 266 g/mol. The molecule has 0 aliphatic carbocycles. The first-order valence-electron chi connectivity index (χ1n) is 7.25. The number of aryl methyl sites for hydroxylation is 1. The molecule has 1 saturated heterocycles. The van der Waals surface area contributed by atoms with Crippen LogP contribution in [0.2, 0.25) is 0 Å². The zero-order valence-corrected chi connectivity index (χ0v) is 11.9. The van der Waals surface area contributed by atoms with Gasteiger partial charge in [0.25, 0.3) is 0 Å². The van der Waals surface area contributed by atoms with Crippen LogP contribution in [0.5, 0.6) is 0 Å². The summed E-state index contributed by atoms with van der Waals surface area (Å²) >= 11 is 0. The minimum Gasteiger partial charge on any atom is -0.377 e. The SMILES string of the molecule is O=C(CCc1ccccc1)N1CCOC[C@H]1c1ccn[nH]1. The van der Waals surface area contributed by atoms with Gasteiger partial charge in [-0.05, 0) is 18.1 Å². The molecule has 1 aliphatic rings. The molecule has 1 N–H and O–H groups in total. The quantitative estimate of drug-likeness (QED) is 0.934. The van der Waals surface area contributed by atoms with Gasteiger partial charge in [0.2, 0.25) is 5.91 Å². The number of aromatic nitrogens is 2. The average Bonchev–Trinajstić information content (AvgIpc) is 3.08. The molecule has 0 unspecified atom stereocenters. The van der Waals surface area contributed by atoms with E-state index >= 15 is 0 Å². The van der Waals surface area contributed by atoms with E-state index in [2.05, 4.69) is 22.3 Å². The van der Waals surface area contributed by atoms with Crippen LogP contribution in [0, 0.1) is 0 Å². The first-order valence-corrected chi connectivity index (χ1v) is 7.25. The second-order valence-corrected chi connectivity index (χ2v) is 5.18. The van der Waals surface area contributed by atoms with Gasteiger partial charge in [0, 0.05) is 19.2 Å². The van der Waals surface area contributed by atoms with Gasteiger partial charge < -0.3 is 9.64 Å². The van der Waals surface area contributed by atoms with Gasteiger partial charge in [-0.1, -0.05) is 30.3 Å². The Labute approximate surface area is 123 Å². The van der Waals surface area contributed by atoms with Gasteiger partial charge in [-0.15, -0.1) is 0 Å². The van der Waals surface area contributed by atoms with Crippen LogP contribution in [0.3, 0.4) is 0 Å². The molecule has 5 heteroatoms. The lowest BCUT2D eigenvalue weighted by Gasteiger charge is -2.35. The minimum atomic E-state index is -0.0514. The third kappa shape index (κ3) is 3.31. The van der Waals surface area contributed by atoms with E-state index in [9.17, 15) is 4.79 Å². The van der Waals surface area contributed by atoms with Crippen molar-refractivity contribution in [2.75, 3.05) is 19.8 Å². The highest BCUT2D eigenvalue weighted by molar-refractivity contribution is 5.77. The maximum Gasteiger partial charge on any atom is 0.223 e. The van der Waals surface area contributed by atoms with Crippen molar-refractivity contribution in [2.45, 2.75) is 18.9 Å². The number of hydrogen-bond donors (Lipinski definition) is 1. The number of aromatic amines is 1. The summed E-state index contributed by atoms with van der Waals surface area (Å²) in [6, 6.07) is 11.9. The summed E-state index contributed by atoms with van der Waals surface area (Å²) in [6.45, 7) is 1.76. The maximum atomic E-state index is 12.5. The topological polar surface area (TPSA) is 58.2 Å². The first kappa shape index (κ1) is 13.8. The molecule has 1 aliphatic heterocycles. The van der Waals surface area contributed by atoms with E-state index < -0.39 is 0 Å². The molecular formula is C16H19N3O2. The molecule has 0 saturated carbocycles. The van der Waals surface area contributed by atoms with E-state index in [4.69, 9.17) is 4.74 Å². The number of amides is 1. The van der Waals surface area contributed by atoms with Gasteiger partial charge in [0.15, 0.2) is 0 Å². The number of H-pyrrole nitrogens is 1. The molecule has 1 fully saturated rings. The number of nitrogens with zero attached hydrogens (tertiary/aromatic N) is 2. The van der Waals surface area contributed by atoms with E-state index in [0.717, 1.165) is 12.1 Å². The average molecular weight is 285 g/mol. The molecule has 5 nitrogen and oxygen atoms in total. The number of hydrogen-bond acceptors (Lipinski definition) is 3. The fraction of sp³-hybridized carbons (Fsp3) is 0.375. The van der Waals surface area contributed by atoms with Crippen LogP contribution in [-0.4, -0.2) is 40.8 Å². The van der Waals surface area contributed by atoms with Crippen molar-refractivity contribution in [3.63, 3.8) is 0 Å². The number of carbonyl (C=O) groups excluding carboxylic acids is 1. The van der Waals surface area contributed by atoms with Crippen molar-refractivity contribution in [2.24, 2.45) is 0 Å². The Morgan fingerprint density at radius 1 is 1.33 bits per heavy atom. The second-order valence-electron chi connectivity index (χ2n) is 5.18. The van der Waals surface area contributed by atoms with Gasteiger partial charge in [0.05, 0.1) is 24.9 Å². The number of ether oxygens (including phenoxy) is 1. The lowest BCUT2D eigenvalue weighted by molar-refractivity contribution is -0.140. The molecule has 0 bridgehead atoms. The zero-order valence-electron chi connectivity index (χ0n) is 11.9. The molecule has 2 aromatic rings. The fourth-order valence-corrected chi connectivity index (χ4v) is 2.65. The van der Waals surface area contributed by atoms with E-state index in [1.54, 1.807) is 6.20 Å². The van der Waals surface area contributed by atoms with Crippen LogP contribution in [0.1, 0.15) is 23.7 Å². The molecule has 1 atom stereocenters. The van der Waals surface area contributed by atoms with E-state index in [0.29, 0.717) is 26.2 Å². The van der Waals surface area contributed by atoms with Crippen molar-refractivity contribution in [1.82, 2.24) is 15.1 Å². The summed E-state index contributed by atoms with van der Waals surface area (Å²) in [6.07, 6.45) is 3.00. The lowest BCUT2D eigenvalue weighted by Crippen LogP contribution is -2.43. The molecule has 1 amide bonds. The molecule has 0 spiro atoms. The molecule has 3 rings (SSSR count). The summed E-state index contributed by atoms with van der Waals surface area (Å²) in [5.74, 6) is 0.168. The summed E-state index contributed by atoms with van der Waals surface area (Å²) in [4.78, 5) is 14.4. The van der Waals surface area contributed by atoms with Gasteiger partial charge in [0.1, 0.15) is 0 Å². The zero-order chi connectivity index (χ0) is 14.5. The fourth-order valence-electron chi connectivity index (χ4n) is 2.65. The van der Waals surface area contributed by atoms with Crippen molar-refractivity contribution < 1.29 is 9.53 Å². The van der Waals surface area contributed by atoms with Crippen LogP contribution in [0.25, 0.3) is 0 Å². The molecule has 0 radical (unpaired) electrons. The highest BCUT2D eigenvalue weighted by atomic mass is 16.5. The third-order valence-electron chi connectivity index (χ3n) is 3.80. The largest absolute Gasteiger partial charge is 0.377 e.